The molecule has 0 aliphatic carbocycles. The number of hydrogen-bond acceptors (Lipinski definition) is 9. The molecule has 1 aromatic carbocycles. The molecule has 0 saturated carbocycles. The average Bonchev–Trinajstić information content (AvgIpc) is 2.75. The molecule has 33 heavy (non-hydrogen) atoms. The number of fused-ring (bicyclic) bond motifs is 1. The summed E-state index contributed by atoms with van der Waals surface area (Å²) in [5, 5.41) is 15.2. The van der Waals surface area contributed by atoms with Crippen LogP contribution >= 0.6 is 0 Å². The van der Waals surface area contributed by atoms with Gasteiger partial charge in [-0.05, 0) is 31.5 Å². The van der Waals surface area contributed by atoms with Gasteiger partial charge in [0.1, 0.15) is 45.3 Å². The van der Waals surface area contributed by atoms with Crippen LogP contribution < -0.4 is 16.4 Å². The Labute approximate surface area is 190 Å². The van der Waals surface area contributed by atoms with Gasteiger partial charge in [-0.2, -0.15) is 5.26 Å². The van der Waals surface area contributed by atoms with Crippen molar-refractivity contribution in [1.29, 1.82) is 5.26 Å². The number of nitrogens with one attached hydrogen (secondary N) is 2. The van der Waals surface area contributed by atoms with Crippen molar-refractivity contribution in [2.75, 3.05) is 29.6 Å². The summed E-state index contributed by atoms with van der Waals surface area (Å²) in [7, 11) is -3.16. The molecule has 0 saturated heterocycles. The van der Waals surface area contributed by atoms with E-state index in [1.54, 1.807) is 13.0 Å². The van der Waals surface area contributed by atoms with E-state index in [9.17, 15) is 22.9 Å². The molecule has 172 valence electrons. The van der Waals surface area contributed by atoms with E-state index in [4.69, 9.17) is 5.73 Å². The first-order valence-corrected chi connectivity index (χ1v) is 12.0. The molecule has 2 heterocycles. The van der Waals surface area contributed by atoms with Gasteiger partial charge in [0, 0.05) is 18.2 Å². The summed E-state index contributed by atoms with van der Waals surface area (Å²) in [5.41, 5.74) is 6.51. The van der Waals surface area contributed by atoms with E-state index in [-0.39, 0.29) is 52.6 Å². The van der Waals surface area contributed by atoms with Crippen molar-refractivity contribution in [2.45, 2.75) is 19.4 Å². The van der Waals surface area contributed by atoms with E-state index >= 15 is 0 Å². The summed E-state index contributed by atoms with van der Waals surface area (Å²) in [6, 6.07) is 7.09. The smallest absolute Gasteiger partial charge is 0.253 e. The van der Waals surface area contributed by atoms with Gasteiger partial charge in [0.05, 0.1) is 28.6 Å². The summed E-state index contributed by atoms with van der Waals surface area (Å²) in [5.74, 6) is -0.978. The van der Waals surface area contributed by atoms with Gasteiger partial charge in [-0.1, -0.05) is 6.07 Å². The third-order valence-corrected chi connectivity index (χ3v) is 5.84. The van der Waals surface area contributed by atoms with Crippen LogP contribution in [0.25, 0.3) is 10.9 Å². The number of carbonyl (C=O) groups is 1. The maximum atomic E-state index is 14.4. The normalized spacial score (nSPS) is 12.2. The molecule has 0 radical (unpaired) electrons. The minimum Gasteiger partial charge on any atom is -0.382 e. The summed E-state index contributed by atoms with van der Waals surface area (Å²) in [4.78, 5) is 25.2. The summed E-state index contributed by atoms with van der Waals surface area (Å²) >= 11 is 0. The first kappa shape index (κ1) is 23.8. The number of nitriles is 1. The van der Waals surface area contributed by atoms with Gasteiger partial charge < -0.3 is 16.4 Å². The predicted molar refractivity (Wildman–Crippen MR) is 122 cm³/mol. The molecule has 1 atom stereocenters. The number of nitrogens with zero attached hydrogens (tertiary/aromatic N) is 4. The molecule has 0 fully saturated rings. The number of carbonyl (C=O) groups excluding carboxylic acids is 1. The Morgan fingerprint density at radius 3 is 2.79 bits per heavy atom. The second kappa shape index (κ2) is 9.74. The van der Waals surface area contributed by atoms with Crippen molar-refractivity contribution >= 4 is 38.3 Å². The molecule has 0 aliphatic heterocycles. The molecule has 0 bridgehead atoms. The number of sulfone groups is 1. The van der Waals surface area contributed by atoms with Crippen LogP contribution in [-0.2, 0) is 9.84 Å². The number of amides is 1. The molecule has 10 nitrogen and oxygen atoms in total. The highest BCUT2D eigenvalue weighted by Crippen LogP contribution is 2.27. The molecule has 1 amide bonds. The van der Waals surface area contributed by atoms with E-state index < -0.39 is 27.6 Å². The van der Waals surface area contributed by atoms with Gasteiger partial charge in [0.15, 0.2) is 0 Å². The van der Waals surface area contributed by atoms with Gasteiger partial charge in [-0.15, -0.1) is 0 Å². The summed E-state index contributed by atoms with van der Waals surface area (Å²) < 4.78 is 37.0. The zero-order chi connectivity index (χ0) is 24.2. The quantitative estimate of drug-likeness (QED) is 0.417. The van der Waals surface area contributed by atoms with Crippen molar-refractivity contribution in [3.05, 3.63) is 53.2 Å². The number of benzene rings is 1. The van der Waals surface area contributed by atoms with Crippen molar-refractivity contribution in [3.8, 4) is 6.07 Å². The Bertz CT molecular complexity index is 1360. The largest absolute Gasteiger partial charge is 0.382 e. The average molecular weight is 472 g/mol. The third-order valence-electron chi connectivity index (χ3n) is 4.81. The Balaban J connectivity index is 1.96. The number of nitrogen functional groups attached to an aromatic ring is 1. The van der Waals surface area contributed by atoms with Gasteiger partial charge in [-0.3, -0.25) is 4.79 Å². The number of anilines is 2. The van der Waals surface area contributed by atoms with Crippen LogP contribution in [-0.4, -0.2) is 47.8 Å². The topological polar surface area (TPSA) is 164 Å². The SMILES string of the molecule is CC(Nc1ncnc(N)c1C#N)c1nc2cccc(F)c2cc1C(=O)NCCCS(C)(=O)=O. The van der Waals surface area contributed by atoms with Crippen LogP contribution in [0, 0.1) is 17.1 Å². The highest BCUT2D eigenvalue weighted by molar-refractivity contribution is 7.90. The minimum absolute atomic E-state index is 0.000385. The fraction of sp³-hybridized carbons (Fsp3) is 0.286. The standard InChI is InChI=1S/C21H22FN7O3S/c1-12(28-20-15(10-23)19(24)26-11-27-20)18-14(21(30)25-7-4-8-33(2,31)32)9-13-16(22)5-3-6-17(13)29-18/h3,5-6,9,11-12H,4,7-8H2,1-2H3,(H,25,30)(H3,24,26,27,28). The lowest BCUT2D eigenvalue weighted by atomic mass is 10.0. The second-order valence-corrected chi connectivity index (χ2v) is 9.69. The third kappa shape index (κ3) is 5.69. The fourth-order valence-corrected chi connectivity index (χ4v) is 3.88. The first-order chi connectivity index (χ1) is 15.6. The molecular weight excluding hydrogens is 449 g/mol. The van der Waals surface area contributed by atoms with Crippen LogP contribution in [0.5, 0.6) is 0 Å². The van der Waals surface area contributed by atoms with Crippen LogP contribution in [0.2, 0.25) is 0 Å². The van der Waals surface area contributed by atoms with Crippen molar-refractivity contribution in [1.82, 2.24) is 20.3 Å². The van der Waals surface area contributed by atoms with Crippen molar-refractivity contribution in [2.24, 2.45) is 0 Å². The van der Waals surface area contributed by atoms with E-state index in [0.29, 0.717) is 5.52 Å². The first-order valence-electron chi connectivity index (χ1n) is 9.93. The predicted octanol–water partition coefficient (Wildman–Crippen LogP) is 1.96. The number of halogens is 1. The molecular formula is C21H22FN7O3S. The summed E-state index contributed by atoms with van der Waals surface area (Å²) in [6.45, 7) is 1.82. The number of nitrogens with two attached hydrogens (primary N) is 1. The van der Waals surface area contributed by atoms with Gasteiger partial charge in [-0.25, -0.2) is 27.8 Å². The summed E-state index contributed by atoms with van der Waals surface area (Å²) in [6.07, 6.45) is 2.55. The molecule has 1 unspecified atom stereocenters. The number of aromatic nitrogens is 3. The Kier molecular flexibility index (Phi) is 7.03. The molecule has 12 heteroatoms. The highest BCUT2D eigenvalue weighted by Gasteiger charge is 2.22. The maximum Gasteiger partial charge on any atom is 0.253 e. The molecule has 3 rings (SSSR count). The number of pyridine rings is 1. The van der Waals surface area contributed by atoms with Gasteiger partial charge in [0.2, 0.25) is 0 Å². The Hall–Kier alpha value is -3.85. The van der Waals surface area contributed by atoms with E-state index in [1.165, 1.54) is 24.5 Å². The lowest BCUT2D eigenvalue weighted by Crippen LogP contribution is -2.28. The van der Waals surface area contributed by atoms with E-state index in [2.05, 4.69) is 25.6 Å². The Morgan fingerprint density at radius 2 is 2.09 bits per heavy atom. The van der Waals surface area contributed by atoms with Crippen LogP contribution in [0.3, 0.4) is 0 Å². The van der Waals surface area contributed by atoms with Gasteiger partial charge in [0.25, 0.3) is 5.91 Å². The van der Waals surface area contributed by atoms with E-state index in [1.807, 2.05) is 6.07 Å². The lowest BCUT2D eigenvalue weighted by molar-refractivity contribution is 0.0952. The zero-order valence-electron chi connectivity index (χ0n) is 18.0. The molecule has 2 aromatic heterocycles. The van der Waals surface area contributed by atoms with Gasteiger partial charge >= 0.3 is 0 Å². The highest BCUT2D eigenvalue weighted by atomic mass is 32.2. The molecule has 3 aromatic rings. The lowest BCUT2D eigenvalue weighted by Gasteiger charge is -2.19. The minimum atomic E-state index is -3.16. The van der Waals surface area contributed by atoms with Crippen LogP contribution in [0.4, 0.5) is 16.0 Å². The number of hydrogen-bond donors (Lipinski definition) is 3. The zero-order valence-corrected chi connectivity index (χ0v) is 18.8. The maximum absolute atomic E-state index is 14.4. The number of rotatable bonds is 8. The van der Waals surface area contributed by atoms with Crippen LogP contribution in [0.1, 0.15) is 41.0 Å². The monoisotopic (exact) mass is 471 g/mol. The fourth-order valence-electron chi connectivity index (χ4n) is 3.21. The molecule has 0 spiro atoms. The second-order valence-electron chi connectivity index (χ2n) is 7.43. The van der Waals surface area contributed by atoms with Crippen LogP contribution in [0.15, 0.2) is 30.6 Å². The molecule has 4 N–H and O–H groups in total. The molecule has 0 aliphatic rings. The Morgan fingerprint density at radius 1 is 1.33 bits per heavy atom. The van der Waals surface area contributed by atoms with E-state index in [0.717, 1.165) is 6.26 Å². The van der Waals surface area contributed by atoms with Crippen molar-refractivity contribution in [3.63, 3.8) is 0 Å². The van der Waals surface area contributed by atoms with Crippen molar-refractivity contribution < 1.29 is 17.6 Å².